The smallest absolute Gasteiger partial charge is 0.193 e. The van der Waals surface area contributed by atoms with Crippen molar-refractivity contribution in [1.82, 2.24) is 0 Å². The molecule has 4 nitrogen and oxygen atoms in total. The molecule has 0 radical (unpaired) electrons. The third kappa shape index (κ3) is 2.89. The molecule has 1 saturated heterocycles. The van der Waals surface area contributed by atoms with Crippen molar-refractivity contribution in [3.05, 3.63) is 45.0 Å². The standard InChI is InChI=1S/C29H35IO4/c1-17(31)29-25(33-28(4,34-29)18-5-8-20(30)9-6-18)16-24-22-10-7-19-15-21(32)11-13-26(19,2)23(22)12-14-27(24,29)3/h5-6,8-9,15,22-25H,7,10-14,16H2,1-4H3/t22-,23+,24+,25-,26+,27+,28-,29-/m1/s1. The van der Waals surface area contributed by atoms with Crippen molar-refractivity contribution in [3.8, 4) is 0 Å². The summed E-state index contributed by atoms with van der Waals surface area (Å²) in [6.45, 7) is 8.42. The van der Waals surface area contributed by atoms with Crippen LogP contribution < -0.4 is 0 Å². The van der Waals surface area contributed by atoms with Crippen LogP contribution in [0.5, 0.6) is 0 Å². The van der Waals surface area contributed by atoms with Gasteiger partial charge in [-0.1, -0.05) is 31.6 Å². The predicted octanol–water partition coefficient (Wildman–Crippen LogP) is 6.35. The predicted molar refractivity (Wildman–Crippen MR) is 138 cm³/mol. The van der Waals surface area contributed by atoms with Crippen LogP contribution in [0.2, 0.25) is 0 Å². The molecule has 8 atom stereocenters. The van der Waals surface area contributed by atoms with E-state index >= 15 is 0 Å². The molecule has 5 aliphatic rings. The van der Waals surface area contributed by atoms with E-state index in [4.69, 9.17) is 9.47 Å². The number of carbonyl (C=O) groups is 2. The topological polar surface area (TPSA) is 52.6 Å². The highest BCUT2D eigenvalue weighted by Crippen LogP contribution is 2.71. The van der Waals surface area contributed by atoms with Gasteiger partial charge < -0.3 is 9.47 Å². The summed E-state index contributed by atoms with van der Waals surface area (Å²) < 4.78 is 14.8. The number of hydrogen-bond acceptors (Lipinski definition) is 4. The monoisotopic (exact) mass is 574 g/mol. The van der Waals surface area contributed by atoms with Gasteiger partial charge in [-0.05, 0) is 116 Å². The molecule has 3 saturated carbocycles. The molecule has 0 unspecified atom stereocenters. The zero-order chi connectivity index (χ0) is 24.1. The Morgan fingerprint density at radius 2 is 1.76 bits per heavy atom. The minimum absolute atomic E-state index is 0.112. The van der Waals surface area contributed by atoms with Gasteiger partial charge in [-0.3, -0.25) is 9.59 Å². The Labute approximate surface area is 216 Å². The Balaban J connectivity index is 1.37. The molecular formula is C29H35IO4. The Kier molecular flexibility index (Phi) is 5.14. The van der Waals surface area contributed by atoms with Crippen molar-refractivity contribution in [2.24, 2.45) is 28.6 Å². The van der Waals surface area contributed by atoms with Gasteiger partial charge in [0.1, 0.15) is 0 Å². The lowest BCUT2D eigenvalue weighted by Gasteiger charge is -2.59. The quantitative estimate of drug-likeness (QED) is 0.387. The van der Waals surface area contributed by atoms with Gasteiger partial charge >= 0.3 is 0 Å². The summed E-state index contributed by atoms with van der Waals surface area (Å²) in [5, 5.41) is 0. The molecule has 1 aromatic rings. The van der Waals surface area contributed by atoms with E-state index in [0.29, 0.717) is 30.0 Å². The fourth-order valence-corrected chi connectivity index (χ4v) is 9.40. The Bertz CT molecular complexity index is 1090. The number of ketones is 2. The number of halogens is 1. The lowest BCUT2D eigenvalue weighted by Crippen LogP contribution is -2.59. The molecule has 0 amide bonds. The van der Waals surface area contributed by atoms with Crippen LogP contribution in [0.15, 0.2) is 35.9 Å². The third-order valence-electron chi connectivity index (χ3n) is 10.7. The Morgan fingerprint density at radius 1 is 1.03 bits per heavy atom. The van der Waals surface area contributed by atoms with Crippen LogP contribution in [-0.4, -0.2) is 23.3 Å². The molecule has 4 fully saturated rings. The van der Waals surface area contributed by atoms with Crippen LogP contribution in [0.1, 0.15) is 78.2 Å². The van der Waals surface area contributed by atoms with E-state index in [1.165, 1.54) is 9.14 Å². The summed E-state index contributed by atoms with van der Waals surface area (Å²) in [4.78, 5) is 25.7. The molecule has 1 aliphatic heterocycles. The number of rotatable bonds is 2. The lowest BCUT2D eigenvalue weighted by molar-refractivity contribution is -0.227. The minimum atomic E-state index is -0.913. The molecule has 1 heterocycles. The maximum atomic E-state index is 13.5. The van der Waals surface area contributed by atoms with Crippen LogP contribution in [-0.2, 0) is 24.8 Å². The van der Waals surface area contributed by atoms with E-state index in [0.717, 1.165) is 44.1 Å². The molecule has 0 aromatic heterocycles. The van der Waals surface area contributed by atoms with Gasteiger partial charge in [0.05, 0.1) is 6.10 Å². The Morgan fingerprint density at radius 3 is 2.47 bits per heavy atom. The maximum absolute atomic E-state index is 13.5. The number of hydrogen-bond donors (Lipinski definition) is 0. The fourth-order valence-electron chi connectivity index (χ4n) is 9.04. The first-order chi connectivity index (χ1) is 16.0. The number of Topliss-reactive ketones (excluding diaryl/α,β-unsaturated/α-hetero) is 1. The van der Waals surface area contributed by atoms with E-state index in [1.54, 1.807) is 6.92 Å². The highest BCUT2D eigenvalue weighted by molar-refractivity contribution is 14.1. The molecule has 6 rings (SSSR count). The lowest BCUT2D eigenvalue weighted by atomic mass is 9.46. The van der Waals surface area contributed by atoms with E-state index in [1.807, 2.05) is 13.0 Å². The van der Waals surface area contributed by atoms with Crippen LogP contribution in [0, 0.1) is 32.2 Å². The molecule has 5 heteroatoms. The van der Waals surface area contributed by atoms with Crippen LogP contribution in [0.3, 0.4) is 0 Å². The second-order valence-electron chi connectivity index (χ2n) is 12.1. The highest BCUT2D eigenvalue weighted by atomic mass is 127. The molecule has 0 N–H and O–H groups in total. The van der Waals surface area contributed by atoms with E-state index in [-0.39, 0.29) is 22.7 Å². The molecule has 182 valence electrons. The molecule has 4 aliphatic carbocycles. The first-order valence-corrected chi connectivity index (χ1v) is 14.0. The van der Waals surface area contributed by atoms with E-state index in [9.17, 15) is 9.59 Å². The first-order valence-electron chi connectivity index (χ1n) is 12.9. The first kappa shape index (κ1) is 23.4. The number of fused-ring (bicyclic) bond motifs is 7. The van der Waals surface area contributed by atoms with Crippen LogP contribution in [0.4, 0.5) is 0 Å². The van der Waals surface area contributed by atoms with Crippen molar-refractivity contribution in [2.45, 2.75) is 90.1 Å². The second-order valence-corrected chi connectivity index (χ2v) is 13.4. The van der Waals surface area contributed by atoms with Gasteiger partial charge in [-0.15, -0.1) is 0 Å². The number of ether oxygens (including phenoxy) is 2. The molecule has 34 heavy (non-hydrogen) atoms. The average Bonchev–Trinajstić information content (AvgIpc) is 3.23. The molecular weight excluding hydrogens is 539 g/mol. The summed E-state index contributed by atoms with van der Waals surface area (Å²) in [6, 6.07) is 8.27. The van der Waals surface area contributed by atoms with Gasteiger partial charge in [0.15, 0.2) is 23.0 Å². The van der Waals surface area contributed by atoms with Gasteiger partial charge in [0, 0.05) is 21.0 Å². The van der Waals surface area contributed by atoms with Crippen molar-refractivity contribution in [3.63, 3.8) is 0 Å². The number of carbonyl (C=O) groups excluding carboxylic acids is 2. The van der Waals surface area contributed by atoms with Gasteiger partial charge in [-0.25, -0.2) is 0 Å². The normalized spacial score (nSPS) is 47.3. The van der Waals surface area contributed by atoms with Crippen molar-refractivity contribution in [2.75, 3.05) is 0 Å². The minimum Gasteiger partial charge on any atom is -0.339 e. The second kappa shape index (κ2) is 7.48. The zero-order valence-corrected chi connectivity index (χ0v) is 22.8. The largest absolute Gasteiger partial charge is 0.339 e. The summed E-state index contributed by atoms with van der Waals surface area (Å²) in [5.74, 6) is 1.02. The fraction of sp³-hybridized carbons (Fsp3) is 0.655. The van der Waals surface area contributed by atoms with Crippen molar-refractivity contribution >= 4 is 34.2 Å². The third-order valence-corrected chi connectivity index (χ3v) is 11.5. The number of benzene rings is 1. The van der Waals surface area contributed by atoms with Crippen molar-refractivity contribution in [1.29, 1.82) is 0 Å². The molecule has 0 spiro atoms. The summed E-state index contributed by atoms with van der Waals surface area (Å²) in [7, 11) is 0. The van der Waals surface area contributed by atoms with E-state index in [2.05, 4.69) is 60.7 Å². The van der Waals surface area contributed by atoms with Gasteiger partial charge in [-0.2, -0.15) is 0 Å². The van der Waals surface area contributed by atoms with Gasteiger partial charge in [0.2, 0.25) is 0 Å². The number of allylic oxidation sites excluding steroid dienone is 1. The van der Waals surface area contributed by atoms with E-state index < -0.39 is 11.4 Å². The van der Waals surface area contributed by atoms with Crippen LogP contribution in [0.25, 0.3) is 0 Å². The Hall–Kier alpha value is -1.05. The average molecular weight is 574 g/mol. The summed E-state index contributed by atoms with van der Waals surface area (Å²) in [5.41, 5.74) is 1.33. The summed E-state index contributed by atoms with van der Waals surface area (Å²) in [6.07, 6.45) is 8.44. The zero-order valence-electron chi connectivity index (χ0n) is 20.7. The summed E-state index contributed by atoms with van der Waals surface area (Å²) >= 11 is 2.31. The molecule has 1 aromatic carbocycles. The maximum Gasteiger partial charge on any atom is 0.193 e. The molecule has 0 bridgehead atoms. The SMILES string of the molecule is CC(=O)[C@@]12O[C@](C)(c3ccc(I)cc3)O[C@@H]1C[C@H]1[C@@H]3CCC4=CC(=O)CC[C@]4(C)[C@H]3CC[C@@]12C. The van der Waals surface area contributed by atoms with Gasteiger partial charge in [0.25, 0.3) is 0 Å². The van der Waals surface area contributed by atoms with Crippen LogP contribution >= 0.6 is 22.6 Å². The van der Waals surface area contributed by atoms with Crippen molar-refractivity contribution < 1.29 is 19.1 Å². The highest BCUT2D eigenvalue weighted by Gasteiger charge is 2.75.